The minimum absolute atomic E-state index is 0.168. The smallest absolute Gasteiger partial charge is 0.257 e. The van der Waals surface area contributed by atoms with Crippen molar-refractivity contribution in [2.75, 3.05) is 5.32 Å². The van der Waals surface area contributed by atoms with E-state index in [1.165, 1.54) is 12.3 Å². The van der Waals surface area contributed by atoms with Crippen LogP contribution in [0.4, 0.5) is 10.1 Å². The van der Waals surface area contributed by atoms with Gasteiger partial charge in [-0.05, 0) is 34.1 Å². The third-order valence-corrected chi connectivity index (χ3v) is 2.78. The summed E-state index contributed by atoms with van der Waals surface area (Å²) >= 11 is 9.05. The Morgan fingerprint density at radius 3 is 2.78 bits per heavy atom. The van der Waals surface area contributed by atoms with Crippen molar-refractivity contribution < 1.29 is 9.18 Å². The van der Waals surface area contributed by atoms with Gasteiger partial charge in [0.15, 0.2) is 5.15 Å². The first-order valence-electron chi connectivity index (χ1n) is 4.80. The lowest BCUT2D eigenvalue weighted by atomic mass is 10.2. The highest BCUT2D eigenvalue weighted by Crippen LogP contribution is 2.23. The van der Waals surface area contributed by atoms with Crippen LogP contribution < -0.4 is 5.32 Å². The molecule has 0 bridgehead atoms. The zero-order valence-electron chi connectivity index (χ0n) is 8.82. The molecule has 0 unspecified atom stereocenters. The van der Waals surface area contributed by atoms with Gasteiger partial charge in [0, 0.05) is 16.9 Å². The Hall–Kier alpha value is -1.53. The number of anilines is 1. The quantitative estimate of drug-likeness (QED) is 0.860. The Bertz CT molecular complexity index is 591. The molecule has 0 saturated heterocycles. The Kier molecular flexibility index (Phi) is 3.88. The fraction of sp³-hybridized carbons (Fsp3) is 0. The van der Waals surface area contributed by atoms with E-state index < -0.39 is 11.9 Å². The van der Waals surface area contributed by atoms with E-state index >= 15 is 0 Å². The molecule has 4 nitrogen and oxygen atoms in total. The van der Waals surface area contributed by atoms with E-state index in [1.807, 2.05) is 0 Å². The summed E-state index contributed by atoms with van der Waals surface area (Å²) in [5, 5.41) is 2.73. The van der Waals surface area contributed by atoms with Crippen molar-refractivity contribution in [3.8, 4) is 0 Å². The Morgan fingerprint density at radius 2 is 2.11 bits per heavy atom. The predicted molar refractivity (Wildman–Crippen MR) is 69.1 cm³/mol. The number of aromatic nitrogens is 2. The molecule has 0 aliphatic carbocycles. The highest BCUT2D eigenvalue weighted by molar-refractivity contribution is 9.10. The summed E-state index contributed by atoms with van der Waals surface area (Å²) in [6.45, 7) is 0. The summed E-state index contributed by atoms with van der Waals surface area (Å²) in [7, 11) is 0. The van der Waals surface area contributed by atoms with Gasteiger partial charge in [-0.25, -0.2) is 9.97 Å². The van der Waals surface area contributed by atoms with Crippen molar-refractivity contribution in [2.45, 2.75) is 0 Å². The van der Waals surface area contributed by atoms with Gasteiger partial charge < -0.3 is 5.32 Å². The molecule has 2 aromatic rings. The zero-order chi connectivity index (χ0) is 13.1. The van der Waals surface area contributed by atoms with Crippen molar-refractivity contribution in [3.05, 3.63) is 51.7 Å². The highest BCUT2D eigenvalue weighted by Gasteiger charge is 2.10. The number of hydrogen-bond acceptors (Lipinski definition) is 3. The fourth-order valence-electron chi connectivity index (χ4n) is 1.21. The molecule has 0 saturated carbocycles. The third kappa shape index (κ3) is 3.02. The number of carbonyl (C=O) groups is 1. The third-order valence-electron chi connectivity index (χ3n) is 2.04. The molecule has 2 heterocycles. The first kappa shape index (κ1) is 12.9. The zero-order valence-corrected chi connectivity index (χ0v) is 11.2. The van der Waals surface area contributed by atoms with E-state index in [0.29, 0.717) is 10.2 Å². The van der Waals surface area contributed by atoms with Crippen molar-refractivity contribution in [1.29, 1.82) is 0 Å². The molecule has 1 amide bonds. The monoisotopic (exact) mass is 329 g/mol. The number of nitrogens with one attached hydrogen (secondary N) is 1. The molecule has 0 aromatic carbocycles. The van der Waals surface area contributed by atoms with E-state index in [2.05, 4.69) is 31.2 Å². The van der Waals surface area contributed by atoms with Crippen molar-refractivity contribution in [1.82, 2.24) is 9.97 Å². The SMILES string of the molecule is O=C(Nc1cc(Br)cnc1Cl)c1ccc(F)nc1. The van der Waals surface area contributed by atoms with Gasteiger partial charge in [0.1, 0.15) is 0 Å². The number of halogens is 3. The summed E-state index contributed by atoms with van der Waals surface area (Å²) < 4.78 is 13.3. The van der Waals surface area contributed by atoms with Gasteiger partial charge in [0.05, 0.1) is 11.3 Å². The average molecular weight is 331 g/mol. The molecule has 18 heavy (non-hydrogen) atoms. The standard InChI is InChI=1S/C11H6BrClFN3O/c12-7-3-8(10(13)16-5-7)17-11(18)6-1-2-9(14)15-4-6/h1-5H,(H,17,18). The molecule has 0 fully saturated rings. The van der Waals surface area contributed by atoms with E-state index in [1.54, 1.807) is 6.07 Å². The van der Waals surface area contributed by atoms with Gasteiger partial charge in [0.2, 0.25) is 5.95 Å². The number of rotatable bonds is 2. The molecule has 2 rings (SSSR count). The van der Waals surface area contributed by atoms with Crippen LogP contribution in [-0.2, 0) is 0 Å². The van der Waals surface area contributed by atoms with Crippen LogP contribution in [0.1, 0.15) is 10.4 Å². The van der Waals surface area contributed by atoms with Gasteiger partial charge in [-0.1, -0.05) is 11.6 Å². The van der Waals surface area contributed by atoms with Crippen molar-refractivity contribution >= 4 is 39.1 Å². The van der Waals surface area contributed by atoms with E-state index in [9.17, 15) is 9.18 Å². The van der Waals surface area contributed by atoms with Gasteiger partial charge in [0.25, 0.3) is 5.91 Å². The molecule has 0 atom stereocenters. The minimum atomic E-state index is -0.645. The molecule has 7 heteroatoms. The van der Waals surface area contributed by atoms with Crippen LogP contribution in [0.15, 0.2) is 35.1 Å². The number of hydrogen-bond donors (Lipinski definition) is 1. The second kappa shape index (κ2) is 5.41. The molecule has 0 aliphatic heterocycles. The van der Waals surface area contributed by atoms with Gasteiger partial charge in [-0.15, -0.1) is 0 Å². The minimum Gasteiger partial charge on any atom is -0.319 e. The van der Waals surface area contributed by atoms with Crippen LogP contribution in [0.2, 0.25) is 5.15 Å². The maximum atomic E-state index is 12.6. The number of nitrogens with zero attached hydrogens (tertiary/aromatic N) is 2. The van der Waals surface area contributed by atoms with Crippen LogP contribution in [0, 0.1) is 5.95 Å². The average Bonchev–Trinajstić information content (AvgIpc) is 2.34. The topological polar surface area (TPSA) is 54.9 Å². The molecule has 0 spiro atoms. The van der Waals surface area contributed by atoms with Crippen molar-refractivity contribution in [3.63, 3.8) is 0 Å². The normalized spacial score (nSPS) is 10.2. The maximum absolute atomic E-state index is 12.6. The lowest BCUT2D eigenvalue weighted by molar-refractivity contribution is 0.102. The summed E-state index contributed by atoms with van der Waals surface area (Å²) in [5.74, 6) is -1.09. The van der Waals surface area contributed by atoms with Gasteiger partial charge in [-0.3, -0.25) is 4.79 Å². The predicted octanol–water partition coefficient (Wildman–Crippen LogP) is 3.28. The Balaban J connectivity index is 2.21. The largest absolute Gasteiger partial charge is 0.319 e. The molecular formula is C11H6BrClFN3O. The number of amides is 1. The second-order valence-electron chi connectivity index (χ2n) is 3.32. The van der Waals surface area contributed by atoms with Crippen molar-refractivity contribution in [2.24, 2.45) is 0 Å². The summed E-state index contributed by atoms with van der Waals surface area (Å²) in [6.07, 6.45) is 2.65. The van der Waals surface area contributed by atoms with Gasteiger partial charge in [-0.2, -0.15) is 4.39 Å². The second-order valence-corrected chi connectivity index (χ2v) is 4.59. The molecule has 1 N–H and O–H groups in total. The first-order valence-corrected chi connectivity index (χ1v) is 5.97. The molecule has 2 aromatic heterocycles. The maximum Gasteiger partial charge on any atom is 0.257 e. The first-order chi connectivity index (χ1) is 8.56. The van der Waals surface area contributed by atoms with E-state index in [-0.39, 0.29) is 10.7 Å². The van der Waals surface area contributed by atoms with Crippen LogP contribution in [-0.4, -0.2) is 15.9 Å². The fourth-order valence-corrected chi connectivity index (χ4v) is 1.70. The summed E-state index contributed by atoms with van der Waals surface area (Å²) in [6, 6.07) is 4.05. The van der Waals surface area contributed by atoms with Crippen LogP contribution in [0.25, 0.3) is 0 Å². The van der Waals surface area contributed by atoms with Gasteiger partial charge >= 0.3 is 0 Å². The number of pyridine rings is 2. The Labute approximate surface area is 115 Å². The van der Waals surface area contributed by atoms with Crippen LogP contribution in [0.3, 0.4) is 0 Å². The molecule has 92 valence electrons. The summed E-state index contributed by atoms with van der Waals surface area (Å²) in [4.78, 5) is 19.1. The molecule has 0 radical (unpaired) electrons. The number of carbonyl (C=O) groups excluding carboxylic acids is 1. The molecule has 0 aliphatic rings. The Morgan fingerprint density at radius 1 is 1.33 bits per heavy atom. The van der Waals surface area contributed by atoms with Crippen LogP contribution in [0.5, 0.6) is 0 Å². The molecular weight excluding hydrogens is 324 g/mol. The summed E-state index contributed by atoms with van der Waals surface area (Å²) in [5.41, 5.74) is 0.591. The van der Waals surface area contributed by atoms with E-state index in [0.717, 1.165) is 12.3 Å². The van der Waals surface area contributed by atoms with E-state index in [4.69, 9.17) is 11.6 Å². The lowest BCUT2D eigenvalue weighted by Crippen LogP contribution is -2.13. The highest BCUT2D eigenvalue weighted by atomic mass is 79.9. The van der Waals surface area contributed by atoms with Crippen LogP contribution >= 0.6 is 27.5 Å². The lowest BCUT2D eigenvalue weighted by Gasteiger charge is -2.06.